The topological polar surface area (TPSA) is 82.8 Å². The summed E-state index contributed by atoms with van der Waals surface area (Å²) in [4.78, 5) is 21.8. The summed E-state index contributed by atoms with van der Waals surface area (Å²) in [6.07, 6.45) is 9.59. The molecular weight excluding hydrogens is 502 g/mol. The van der Waals surface area contributed by atoms with Gasteiger partial charge in [-0.15, -0.1) is 0 Å². The Morgan fingerprint density at radius 2 is 1.80 bits per heavy atom. The van der Waals surface area contributed by atoms with Crippen LogP contribution in [0.15, 0.2) is 48.9 Å². The molecule has 2 aromatic heterocycles. The Hall–Kier alpha value is -3.85. The third-order valence-corrected chi connectivity index (χ3v) is 9.53. The summed E-state index contributed by atoms with van der Waals surface area (Å²) in [5, 5.41) is 12.7. The molecule has 4 aliphatic rings. The van der Waals surface area contributed by atoms with Crippen LogP contribution in [0.25, 0.3) is 10.8 Å². The van der Waals surface area contributed by atoms with Crippen LogP contribution in [0.1, 0.15) is 42.6 Å². The molecule has 0 amide bonds. The maximum absolute atomic E-state index is 10.5. The highest BCUT2D eigenvalue weighted by atomic mass is 16.5. The second-order valence-electron chi connectivity index (χ2n) is 11.8. The predicted octanol–water partition coefficient (Wildman–Crippen LogP) is 4.12. The van der Waals surface area contributed by atoms with Crippen LogP contribution in [0.3, 0.4) is 0 Å². The lowest BCUT2D eigenvalue weighted by Crippen LogP contribution is -2.43. The molecule has 0 saturated carbocycles. The average molecular weight is 538 g/mol. The van der Waals surface area contributed by atoms with Crippen molar-refractivity contribution in [3.63, 3.8) is 0 Å². The first-order chi connectivity index (χ1) is 19.6. The summed E-state index contributed by atoms with van der Waals surface area (Å²) < 4.78 is 8.74. The van der Waals surface area contributed by atoms with Gasteiger partial charge in [0.25, 0.3) is 0 Å². The number of ether oxygens (including phenoxy) is 1. The standard InChI is InChI=1S/C31H35N7O2/c39-24-15-22-5-1-2-6-25(22)28(16-24)35-12-7-26-27(19-35)33-30(40-20-31-8-3-10-38(31)11-4-9-31)34-29(26)36-13-14-37-21-32-17-23(37)18-36/h1-2,5-6,15-17,21,39H,3-4,7-14,18-20H2. The summed E-state index contributed by atoms with van der Waals surface area (Å²) in [5.74, 6) is 1.29. The van der Waals surface area contributed by atoms with E-state index in [1.807, 2.05) is 30.7 Å². The summed E-state index contributed by atoms with van der Waals surface area (Å²) in [5.41, 5.74) is 4.62. The number of hydrogen-bond donors (Lipinski definition) is 1. The molecule has 0 atom stereocenters. The monoisotopic (exact) mass is 537 g/mol. The Morgan fingerprint density at radius 3 is 2.70 bits per heavy atom. The fourth-order valence-corrected chi connectivity index (χ4v) is 7.48. The van der Waals surface area contributed by atoms with E-state index < -0.39 is 0 Å². The number of aromatic hydroxyl groups is 1. The Balaban J connectivity index is 1.15. The van der Waals surface area contributed by atoms with E-state index >= 15 is 0 Å². The molecule has 9 nitrogen and oxygen atoms in total. The maximum atomic E-state index is 10.5. The third kappa shape index (κ3) is 3.98. The smallest absolute Gasteiger partial charge is 0.318 e. The number of nitrogens with zero attached hydrogens (tertiary/aromatic N) is 7. The van der Waals surface area contributed by atoms with Crippen LogP contribution in [-0.2, 0) is 26.1 Å². The van der Waals surface area contributed by atoms with Crippen molar-refractivity contribution in [2.75, 3.05) is 42.6 Å². The zero-order valence-corrected chi connectivity index (χ0v) is 22.8. The van der Waals surface area contributed by atoms with E-state index in [1.54, 1.807) is 0 Å². The number of fused-ring (bicyclic) bond motifs is 4. The van der Waals surface area contributed by atoms with E-state index in [0.29, 0.717) is 19.2 Å². The Labute approximate surface area is 234 Å². The molecule has 0 aliphatic carbocycles. The van der Waals surface area contributed by atoms with Gasteiger partial charge < -0.3 is 24.2 Å². The van der Waals surface area contributed by atoms with E-state index in [9.17, 15) is 5.11 Å². The van der Waals surface area contributed by atoms with E-state index in [-0.39, 0.29) is 11.3 Å². The van der Waals surface area contributed by atoms with Gasteiger partial charge in [0, 0.05) is 48.5 Å². The lowest BCUT2D eigenvalue weighted by molar-refractivity contribution is 0.107. The summed E-state index contributed by atoms with van der Waals surface area (Å²) >= 11 is 0. The molecule has 8 rings (SSSR count). The van der Waals surface area contributed by atoms with Crippen molar-refractivity contribution in [1.29, 1.82) is 0 Å². The minimum absolute atomic E-state index is 0.142. The zero-order valence-electron chi connectivity index (χ0n) is 22.8. The Bertz CT molecular complexity index is 1570. The highest BCUT2D eigenvalue weighted by Crippen LogP contribution is 2.40. The molecule has 4 aromatic rings. The third-order valence-electron chi connectivity index (χ3n) is 9.53. The molecule has 2 fully saturated rings. The van der Waals surface area contributed by atoms with Crippen LogP contribution in [0, 0.1) is 0 Å². The van der Waals surface area contributed by atoms with Gasteiger partial charge >= 0.3 is 6.01 Å². The first-order valence-corrected chi connectivity index (χ1v) is 14.6. The zero-order chi connectivity index (χ0) is 26.7. The highest BCUT2D eigenvalue weighted by molar-refractivity contribution is 5.95. The molecule has 0 spiro atoms. The SMILES string of the molecule is Oc1cc(N2CCc3c(nc(OCC45CCCN4CCC5)nc3N3CCn4cncc4C3)C2)c2ccccc2c1. The van der Waals surface area contributed by atoms with Gasteiger partial charge in [-0.3, -0.25) is 4.90 Å². The van der Waals surface area contributed by atoms with Crippen LogP contribution < -0.4 is 14.5 Å². The van der Waals surface area contributed by atoms with E-state index in [2.05, 4.69) is 42.4 Å². The summed E-state index contributed by atoms with van der Waals surface area (Å²) in [6, 6.07) is 12.5. The Kier molecular flexibility index (Phi) is 5.62. The number of benzene rings is 2. The minimum Gasteiger partial charge on any atom is -0.508 e. The minimum atomic E-state index is 0.142. The van der Waals surface area contributed by atoms with Crippen molar-refractivity contribution in [1.82, 2.24) is 24.4 Å². The van der Waals surface area contributed by atoms with Gasteiger partial charge in [0.05, 0.1) is 36.3 Å². The van der Waals surface area contributed by atoms with E-state index in [4.69, 9.17) is 14.7 Å². The van der Waals surface area contributed by atoms with E-state index in [0.717, 1.165) is 60.6 Å². The number of phenols is 1. The Morgan fingerprint density at radius 1 is 0.925 bits per heavy atom. The molecule has 2 saturated heterocycles. The van der Waals surface area contributed by atoms with Crippen molar-refractivity contribution in [2.45, 2.75) is 57.3 Å². The van der Waals surface area contributed by atoms with Gasteiger partial charge in [-0.1, -0.05) is 24.3 Å². The second-order valence-corrected chi connectivity index (χ2v) is 11.8. The van der Waals surface area contributed by atoms with Gasteiger partial charge in [0.2, 0.25) is 0 Å². The number of rotatable bonds is 5. The largest absolute Gasteiger partial charge is 0.508 e. The van der Waals surface area contributed by atoms with Crippen LogP contribution in [-0.4, -0.2) is 67.9 Å². The summed E-state index contributed by atoms with van der Waals surface area (Å²) in [7, 11) is 0. The molecule has 2 aromatic carbocycles. The average Bonchev–Trinajstić information content (AvgIpc) is 3.70. The van der Waals surface area contributed by atoms with Crippen molar-refractivity contribution < 1.29 is 9.84 Å². The molecule has 6 heterocycles. The quantitative estimate of drug-likeness (QED) is 0.407. The molecule has 1 N–H and O–H groups in total. The molecule has 0 unspecified atom stereocenters. The van der Waals surface area contributed by atoms with Crippen LogP contribution in [0.5, 0.6) is 11.8 Å². The van der Waals surface area contributed by atoms with E-state index in [1.165, 1.54) is 50.0 Å². The molecular formula is C31H35N7O2. The molecule has 40 heavy (non-hydrogen) atoms. The number of imidazole rings is 1. The molecule has 4 aliphatic heterocycles. The first-order valence-electron chi connectivity index (χ1n) is 14.6. The van der Waals surface area contributed by atoms with Gasteiger partial charge in [0.15, 0.2) is 0 Å². The van der Waals surface area contributed by atoms with Gasteiger partial charge in [0.1, 0.15) is 18.2 Å². The normalized spacial score (nSPS) is 20.0. The van der Waals surface area contributed by atoms with Gasteiger partial charge in [-0.05, 0) is 56.6 Å². The molecule has 9 heteroatoms. The van der Waals surface area contributed by atoms with Crippen LogP contribution >= 0.6 is 0 Å². The number of aromatic nitrogens is 4. The first kappa shape index (κ1) is 24.0. The predicted molar refractivity (Wildman–Crippen MR) is 154 cm³/mol. The van der Waals surface area contributed by atoms with Crippen LogP contribution in [0.4, 0.5) is 11.5 Å². The number of hydrogen-bond acceptors (Lipinski definition) is 8. The lowest BCUT2D eigenvalue weighted by Gasteiger charge is -2.36. The van der Waals surface area contributed by atoms with Gasteiger partial charge in [-0.2, -0.15) is 9.97 Å². The van der Waals surface area contributed by atoms with Crippen molar-refractivity contribution in [2.24, 2.45) is 0 Å². The maximum Gasteiger partial charge on any atom is 0.318 e. The number of phenolic OH excluding ortho intramolecular Hbond substituents is 1. The van der Waals surface area contributed by atoms with Crippen molar-refractivity contribution in [3.05, 3.63) is 65.9 Å². The fourth-order valence-electron chi connectivity index (χ4n) is 7.48. The lowest BCUT2D eigenvalue weighted by atomic mass is 9.95. The molecule has 206 valence electrons. The van der Waals surface area contributed by atoms with Crippen molar-refractivity contribution in [3.8, 4) is 11.8 Å². The number of anilines is 2. The summed E-state index contributed by atoms with van der Waals surface area (Å²) in [6.45, 7) is 7.04. The molecule has 0 radical (unpaired) electrons. The highest BCUT2D eigenvalue weighted by Gasteiger charge is 2.45. The van der Waals surface area contributed by atoms with Crippen LogP contribution in [0.2, 0.25) is 0 Å². The van der Waals surface area contributed by atoms with Crippen molar-refractivity contribution >= 4 is 22.3 Å². The molecule has 0 bridgehead atoms. The second kappa shape index (κ2) is 9.37. The fraction of sp³-hybridized carbons (Fsp3) is 0.452. The van der Waals surface area contributed by atoms with Gasteiger partial charge in [-0.25, -0.2) is 4.98 Å².